The maximum atomic E-state index is 10.9. The minimum atomic E-state index is -0.630. The quantitative estimate of drug-likeness (QED) is 0.411. The van der Waals surface area contributed by atoms with Gasteiger partial charge in [0.1, 0.15) is 6.17 Å². The summed E-state index contributed by atoms with van der Waals surface area (Å²) >= 11 is 0. The number of primary amides is 1. The third kappa shape index (κ3) is 2.30. The molecule has 6 nitrogen and oxygen atoms in total. The summed E-state index contributed by atoms with van der Waals surface area (Å²) < 4.78 is 0. The van der Waals surface area contributed by atoms with Crippen molar-refractivity contribution in [1.29, 1.82) is 0 Å². The summed E-state index contributed by atoms with van der Waals surface area (Å²) in [6, 6.07) is -0.863. The molecule has 1 heterocycles. The Labute approximate surface area is 69.9 Å². The van der Waals surface area contributed by atoms with Crippen LogP contribution in [0.15, 0.2) is 0 Å². The van der Waals surface area contributed by atoms with Crippen LogP contribution in [-0.4, -0.2) is 24.3 Å². The molecule has 1 fully saturated rings. The Balaban J connectivity index is 2.44. The molecule has 0 aromatic rings. The molecule has 2 atom stereocenters. The topological polar surface area (TPSA) is 96.2 Å². The summed E-state index contributed by atoms with van der Waals surface area (Å²) in [4.78, 5) is 21.3. The molecule has 5 N–H and O–H groups in total. The summed E-state index contributed by atoms with van der Waals surface area (Å²) in [5, 5.41) is 7.57. The van der Waals surface area contributed by atoms with E-state index in [2.05, 4.69) is 16.0 Å². The Morgan fingerprint density at radius 3 is 2.83 bits per heavy atom. The van der Waals surface area contributed by atoms with Gasteiger partial charge in [0.05, 0.1) is 0 Å². The van der Waals surface area contributed by atoms with Gasteiger partial charge in [0.2, 0.25) is 0 Å². The van der Waals surface area contributed by atoms with E-state index in [1.165, 1.54) is 0 Å². The second kappa shape index (κ2) is 3.29. The molecule has 1 aliphatic heterocycles. The summed E-state index contributed by atoms with van der Waals surface area (Å²) in [6.45, 7) is 1.86. The first-order valence-corrected chi connectivity index (χ1v) is 3.71. The van der Waals surface area contributed by atoms with Gasteiger partial charge in [0, 0.05) is 12.5 Å². The minimum absolute atomic E-state index is 0.0515. The molecule has 0 bridgehead atoms. The van der Waals surface area contributed by atoms with E-state index in [1.54, 1.807) is 0 Å². The van der Waals surface area contributed by atoms with Crippen LogP contribution in [0.1, 0.15) is 13.3 Å². The van der Waals surface area contributed by atoms with Crippen LogP contribution in [0, 0.1) is 0 Å². The van der Waals surface area contributed by atoms with Crippen LogP contribution in [0.4, 0.5) is 9.59 Å². The standard InChI is InChI=1S/C6H12N4O2/c1-3-2-4(9-5(7)11)10-6(12)8-3/h3-4H,2H2,1H3,(H3,7,9,11)(H2,8,10,12)/t3-,4+/m0/s1. The molecule has 0 aliphatic carbocycles. The molecule has 4 amide bonds. The molecule has 12 heavy (non-hydrogen) atoms. The number of nitrogens with one attached hydrogen (secondary N) is 3. The molecule has 68 valence electrons. The fraction of sp³-hybridized carbons (Fsp3) is 0.667. The lowest BCUT2D eigenvalue weighted by Gasteiger charge is -2.28. The van der Waals surface area contributed by atoms with E-state index in [9.17, 15) is 9.59 Å². The van der Waals surface area contributed by atoms with Gasteiger partial charge < -0.3 is 21.7 Å². The van der Waals surface area contributed by atoms with Gasteiger partial charge >= 0.3 is 12.1 Å². The largest absolute Gasteiger partial charge is 0.352 e. The number of carbonyl (C=O) groups is 2. The highest BCUT2D eigenvalue weighted by molar-refractivity contribution is 5.77. The number of hydrogen-bond acceptors (Lipinski definition) is 2. The van der Waals surface area contributed by atoms with Crippen LogP contribution in [0.2, 0.25) is 0 Å². The summed E-state index contributed by atoms with van der Waals surface area (Å²) in [5.74, 6) is 0. The monoisotopic (exact) mass is 172 g/mol. The third-order valence-corrected chi connectivity index (χ3v) is 1.59. The summed E-state index contributed by atoms with van der Waals surface area (Å²) in [5.41, 5.74) is 4.89. The van der Waals surface area contributed by atoms with Gasteiger partial charge in [-0.3, -0.25) is 0 Å². The van der Waals surface area contributed by atoms with Gasteiger partial charge in [0.25, 0.3) is 0 Å². The van der Waals surface area contributed by atoms with E-state index in [0.717, 1.165) is 0 Å². The fourth-order valence-corrected chi connectivity index (χ4v) is 1.16. The van der Waals surface area contributed by atoms with Crippen molar-refractivity contribution in [3.8, 4) is 0 Å². The molecule has 0 saturated carbocycles. The lowest BCUT2D eigenvalue weighted by molar-refractivity contribution is 0.211. The molecule has 0 aromatic carbocycles. The second-order valence-electron chi connectivity index (χ2n) is 2.82. The lowest BCUT2D eigenvalue weighted by Crippen LogP contribution is -2.60. The highest BCUT2D eigenvalue weighted by Crippen LogP contribution is 2.00. The van der Waals surface area contributed by atoms with E-state index >= 15 is 0 Å². The Hall–Kier alpha value is -1.46. The first-order valence-electron chi connectivity index (χ1n) is 3.71. The zero-order valence-corrected chi connectivity index (χ0v) is 6.76. The lowest BCUT2D eigenvalue weighted by atomic mass is 10.1. The maximum absolute atomic E-state index is 10.9. The Morgan fingerprint density at radius 1 is 1.67 bits per heavy atom. The van der Waals surface area contributed by atoms with Gasteiger partial charge in [-0.1, -0.05) is 0 Å². The Bertz CT molecular complexity index is 204. The van der Waals surface area contributed by atoms with Crippen LogP contribution in [-0.2, 0) is 0 Å². The first kappa shape index (κ1) is 8.63. The number of nitrogens with two attached hydrogens (primary N) is 1. The first-order chi connectivity index (χ1) is 5.58. The minimum Gasteiger partial charge on any atom is -0.352 e. The van der Waals surface area contributed by atoms with Gasteiger partial charge in [-0.2, -0.15) is 0 Å². The van der Waals surface area contributed by atoms with Crippen LogP contribution in [0.25, 0.3) is 0 Å². The molecule has 6 heteroatoms. The highest BCUT2D eigenvalue weighted by atomic mass is 16.2. The number of amides is 4. The van der Waals surface area contributed by atoms with Crippen LogP contribution in [0.3, 0.4) is 0 Å². The Morgan fingerprint density at radius 2 is 2.33 bits per heavy atom. The van der Waals surface area contributed by atoms with E-state index in [4.69, 9.17) is 5.73 Å². The number of hydrogen-bond donors (Lipinski definition) is 4. The molecule has 1 aliphatic rings. The molecule has 0 radical (unpaired) electrons. The maximum Gasteiger partial charge on any atom is 0.316 e. The van der Waals surface area contributed by atoms with Gasteiger partial charge in [0.15, 0.2) is 0 Å². The Kier molecular flexibility index (Phi) is 2.37. The normalized spacial score (nSPS) is 28.6. The van der Waals surface area contributed by atoms with Crippen molar-refractivity contribution >= 4 is 12.1 Å². The van der Waals surface area contributed by atoms with E-state index in [0.29, 0.717) is 6.42 Å². The highest BCUT2D eigenvalue weighted by Gasteiger charge is 2.22. The predicted octanol–water partition coefficient (Wildman–Crippen LogP) is -0.928. The van der Waals surface area contributed by atoms with Crippen molar-refractivity contribution in [1.82, 2.24) is 16.0 Å². The van der Waals surface area contributed by atoms with Crippen LogP contribution in [0.5, 0.6) is 0 Å². The molecule has 1 rings (SSSR count). The number of carbonyl (C=O) groups excluding carboxylic acids is 2. The van der Waals surface area contributed by atoms with E-state index in [-0.39, 0.29) is 18.2 Å². The van der Waals surface area contributed by atoms with Crippen molar-refractivity contribution in [2.75, 3.05) is 0 Å². The summed E-state index contributed by atoms with van der Waals surface area (Å²) in [7, 11) is 0. The van der Waals surface area contributed by atoms with Crippen LogP contribution >= 0.6 is 0 Å². The van der Waals surface area contributed by atoms with Gasteiger partial charge in [-0.25, -0.2) is 9.59 Å². The van der Waals surface area contributed by atoms with Gasteiger partial charge in [-0.15, -0.1) is 0 Å². The van der Waals surface area contributed by atoms with E-state index < -0.39 is 6.03 Å². The van der Waals surface area contributed by atoms with Crippen molar-refractivity contribution in [3.05, 3.63) is 0 Å². The zero-order chi connectivity index (χ0) is 9.14. The van der Waals surface area contributed by atoms with Gasteiger partial charge in [-0.05, 0) is 6.92 Å². The average molecular weight is 172 g/mol. The molecule has 0 aromatic heterocycles. The molecule has 0 spiro atoms. The second-order valence-corrected chi connectivity index (χ2v) is 2.82. The third-order valence-electron chi connectivity index (χ3n) is 1.59. The smallest absolute Gasteiger partial charge is 0.316 e. The molecule has 0 unspecified atom stereocenters. The summed E-state index contributed by atoms with van der Waals surface area (Å²) in [6.07, 6.45) is 0.278. The average Bonchev–Trinajstić information content (AvgIpc) is 1.81. The zero-order valence-electron chi connectivity index (χ0n) is 6.76. The molecular weight excluding hydrogens is 160 g/mol. The van der Waals surface area contributed by atoms with Crippen LogP contribution < -0.4 is 21.7 Å². The van der Waals surface area contributed by atoms with E-state index in [1.807, 2.05) is 6.92 Å². The SMILES string of the molecule is C[C@H]1C[C@H](NC(N)=O)NC(=O)N1. The van der Waals surface area contributed by atoms with Crippen molar-refractivity contribution in [3.63, 3.8) is 0 Å². The molecular formula is C6H12N4O2. The number of rotatable bonds is 1. The van der Waals surface area contributed by atoms with Crippen molar-refractivity contribution in [2.45, 2.75) is 25.6 Å². The van der Waals surface area contributed by atoms with Crippen molar-refractivity contribution < 1.29 is 9.59 Å². The molecule has 1 saturated heterocycles. The number of urea groups is 2. The van der Waals surface area contributed by atoms with Crippen molar-refractivity contribution in [2.24, 2.45) is 5.73 Å². The fourth-order valence-electron chi connectivity index (χ4n) is 1.16. The predicted molar refractivity (Wildman–Crippen MR) is 42.3 cm³/mol.